The quantitative estimate of drug-likeness (QED) is 0.556. The van der Waals surface area contributed by atoms with Crippen molar-refractivity contribution < 1.29 is 13.6 Å². The molecule has 120 valence electrons. The molecule has 0 amide bonds. The van der Waals surface area contributed by atoms with E-state index in [4.69, 9.17) is 13.6 Å². The predicted molar refractivity (Wildman–Crippen MR) is 86.3 cm³/mol. The minimum atomic E-state index is -2.04. The maximum Gasteiger partial charge on any atom is 0.338 e. The topological polar surface area (TPSA) is 27.7 Å². The second kappa shape index (κ2) is 7.92. The van der Waals surface area contributed by atoms with Gasteiger partial charge in [0.25, 0.3) is 0 Å². The van der Waals surface area contributed by atoms with Gasteiger partial charge in [-0.3, -0.25) is 0 Å². The lowest BCUT2D eigenvalue weighted by molar-refractivity contribution is -0.119. The van der Waals surface area contributed by atoms with Crippen LogP contribution in [-0.4, -0.2) is 34.0 Å². The molecule has 1 rings (SSSR count). The number of rotatable bonds is 10. The Bertz CT molecular complexity index is 259. The van der Waals surface area contributed by atoms with Crippen LogP contribution in [0.3, 0.4) is 0 Å². The molecule has 0 unspecified atom stereocenters. The van der Waals surface area contributed by atoms with Gasteiger partial charge in [0.15, 0.2) is 0 Å². The third-order valence-corrected chi connectivity index (χ3v) is 8.27. The van der Waals surface area contributed by atoms with Crippen molar-refractivity contribution in [3.63, 3.8) is 0 Å². The monoisotopic (exact) mass is 302 g/mol. The smallest absolute Gasteiger partial charge is 0.338 e. The van der Waals surface area contributed by atoms with Gasteiger partial charge in [-0.1, -0.05) is 20.3 Å². The van der Waals surface area contributed by atoms with Crippen molar-refractivity contribution in [2.75, 3.05) is 13.2 Å². The van der Waals surface area contributed by atoms with Crippen LogP contribution in [0.15, 0.2) is 0 Å². The van der Waals surface area contributed by atoms with Crippen LogP contribution in [0.2, 0.25) is 12.1 Å². The van der Waals surface area contributed by atoms with Gasteiger partial charge in [0.05, 0.1) is 13.2 Å². The van der Waals surface area contributed by atoms with E-state index in [0.717, 1.165) is 25.3 Å². The average molecular weight is 303 g/mol. The Hall–Kier alpha value is 0.0969. The van der Waals surface area contributed by atoms with Gasteiger partial charge in [0, 0.05) is 17.6 Å². The average Bonchev–Trinajstić information content (AvgIpc) is 2.31. The van der Waals surface area contributed by atoms with E-state index in [1.807, 2.05) is 0 Å². The molecule has 0 atom stereocenters. The van der Waals surface area contributed by atoms with E-state index in [-0.39, 0.29) is 12.2 Å². The summed E-state index contributed by atoms with van der Waals surface area (Å²) in [5.41, 5.74) is 0.448. The third kappa shape index (κ3) is 5.13. The molecule has 1 aliphatic heterocycles. The molecule has 0 N–H and O–H groups in total. The first-order valence-electron chi connectivity index (χ1n) is 8.30. The molecule has 3 nitrogen and oxygen atoms in total. The lowest BCUT2D eigenvalue weighted by atomic mass is 9.79. The van der Waals surface area contributed by atoms with Gasteiger partial charge in [-0.15, -0.1) is 0 Å². The van der Waals surface area contributed by atoms with Gasteiger partial charge < -0.3 is 13.6 Å². The minimum Gasteiger partial charge on any atom is -0.392 e. The van der Waals surface area contributed by atoms with Gasteiger partial charge >= 0.3 is 8.56 Å². The summed E-state index contributed by atoms with van der Waals surface area (Å²) in [6.45, 7) is 14.9. The molecule has 1 heterocycles. The highest BCUT2D eigenvalue weighted by Gasteiger charge is 2.40. The molecule has 20 heavy (non-hydrogen) atoms. The largest absolute Gasteiger partial charge is 0.392 e. The van der Waals surface area contributed by atoms with Crippen molar-refractivity contribution in [3.05, 3.63) is 0 Å². The molecule has 0 radical (unpaired) electrons. The van der Waals surface area contributed by atoms with Crippen LogP contribution in [-0.2, 0) is 13.6 Å². The van der Waals surface area contributed by atoms with Gasteiger partial charge in [0.1, 0.15) is 0 Å². The van der Waals surface area contributed by atoms with Crippen LogP contribution in [0.5, 0.6) is 0 Å². The van der Waals surface area contributed by atoms with Gasteiger partial charge in [-0.25, -0.2) is 0 Å². The summed E-state index contributed by atoms with van der Waals surface area (Å²) in [6.07, 6.45) is 4.20. The SMILES string of the molecule is CCC1(CCC[Si](CC)(OC(C)C)OC(C)C)COC1. The molecule has 0 spiro atoms. The van der Waals surface area contributed by atoms with Crippen LogP contribution in [0.1, 0.15) is 60.8 Å². The zero-order valence-electron chi connectivity index (χ0n) is 14.3. The Kier molecular flexibility index (Phi) is 7.19. The molecule has 4 heteroatoms. The number of hydrogen-bond acceptors (Lipinski definition) is 3. The summed E-state index contributed by atoms with van der Waals surface area (Å²) in [4.78, 5) is 0. The molecule has 1 saturated heterocycles. The van der Waals surface area contributed by atoms with Crippen LogP contribution in [0, 0.1) is 5.41 Å². The molecule has 0 aromatic carbocycles. The van der Waals surface area contributed by atoms with Crippen molar-refractivity contribution in [3.8, 4) is 0 Å². The van der Waals surface area contributed by atoms with Crippen molar-refractivity contribution in [2.45, 2.75) is 85.1 Å². The Morgan fingerprint density at radius 3 is 1.90 bits per heavy atom. The van der Waals surface area contributed by atoms with Crippen LogP contribution >= 0.6 is 0 Å². The molecule has 0 aliphatic carbocycles. The zero-order valence-corrected chi connectivity index (χ0v) is 15.3. The first-order chi connectivity index (χ1) is 9.37. The fourth-order valence-corrected chi connectivity index (χ4v) is 6.41. The van der Waals surface area contributed by atoms with E-state index in [2.05, 4.69) is 41.5 Å². The van der Waals surface area contributed by atoms with Crippen LogP contribution < -0.4 is 0 Å². The van der Waals surface area contributed by atoms with E-state index in [0.29, 0.717) is 5.41 Å². The third-order valence-electron chi connectivity index (χ3n) is 4.27. The van der Waals surface area contributed by atoms with Crippen molar-refractivity contribution >= 4 is 8.56 Å². The minimum absolute atomic E-state index is 0.257. The first-order valence-corrected chi connectivity index (χ1v) is 10.5. The summed E-state index contributed by atoms with van der Waals surface area (Å²) in [5, 5.41) is 0. The Labute approximate surface area is 126 Å². The molecular weight excluding hydrogens is 268 g/mol. The predicted octanol–water partition coefficient (Wildman–Crippen LogP) is 4.51. The second-order valence-electron chi connectivity index (χ2n) is 6.80. The van der Waals surface area contributed by atoms with Crippen molar-refractivity contribution in [1.29, 1.82) is 0 Å². The molecule has 0 bridgehead atoms. The van der Waals surface area contributed by atoms with E-state index >= 15 is 0 Å². The Balaban J connectivity index is 2.54. The standard InChI is InChI=1S/C16H34O3Si/c1-7-16(12-17-13-16)10-9-11-20(8-2,18-14(3)4)19-15(5)6/h14-15H,7-13H2,1-6H3. The maximum atomic E-state index is 6.28. The first kappa shape index (κ1) is 18.1. The van der Waals surface area contributed by atoms with E-state index in [1.54, 1.807) is 0 Å². The summed E-state index contributed by atoms with van der Waals surface area (Å²) in [5.74, 6) is 0. The summed E-state index contributed by atoms with van der Waals surface area (Å²) >= 11 is 0. The van der Waals surface area contributed by atoms with E-state index < -0.39 is 8.56 Å². The maximum absolute atomic E-state index is 6.28. The summed E-state index contributed by atoms with van der Waals surface area (Å²) in [7, 11) is -2.04. The van der Waals surface area contributed by atoms with Crippen LogP contribution in [0.4, 0.5) is 0 Å². The Morgan fingerprint density at radius 1 is 1.05 bits per heavy atom. The lowest BCUT2D eigenvalue weighted by Crippen LogP contribution is -2.46. The number of hydrogen-bond donors (Lipinski definition) is 0. The van der Waals surface area contributed by atoms with Crippen molar-refractivity contribution in [2.24, 2.45) is 5.41 Å². The molecule has 1 aliphatic rings. The molecular formula is C16H34O3Si. The molecule has 0 aromatic rings. The normalized spacial score (nSPS) is 18.6. The van der Waals surface area contributed by atoms with Gasteiger partial charge in [-0.2, -0.15) is 0 Å². The second-order valence-corrected chi connectivity index (χ2v) is 10.3. The Morgan fingerprint density at radius 2 is 1.60 bits per heavy atom. The zero-order chi connectivity index (χ0) is 15.2. The fraction of sp³-hybridized carbons (Fsp3) is 1.00. The van der Waals surface area contributed by atoms with Gasteiger partial charge in [0.2, 0.25) is 0 Å². The number of ether oxygens (including phenoxy) is 1. The fourth-order valence-electron chi connectivity index (χ4n) is 3.00. The highest BCUT2D eigenvalue weighted by atomic mass is 28.4. The highest BCUT2D eigenvalue weighted by molar-refractivity contribution is 6.67. The van der Waals surface area contributed by atoms with Crippen LogP contribution in [0.25, 0.3) is 0 Å². The lowest BCUT2D eigenvalue weighted by Gasteiger charge is -2.42. The molecule has 0 aromatic heterocycles. The van der Waals surface area contributed by atoms with E-state index in [9.17, 15) is 0 Å². The summed E-state index contributed by atoms with van der Waals surface area (Å²) < 4.78 is 18.0. The van der Waals surface area contributed by atoms with E-state index in [1.165, 1.54) is 19.3 Å². The highest BCUT2D eigenvalue weighted by Crippen LogP contribution is 2.38. The van der Waals surface area contributed by atoms with Crippen molar-refractivity contribution in [1.82, 2.24) is 0 Å². The molecule has 0 saturated carbocycles. The molecule has 1 fully saturated rings. The summed E-state index contributed by atoms with van der Waals surface area (Å²) in [6, 6.07) is 2.15. The van der Waals surface area contributed by atoms with Gasteiger partial charge in [-0.05, 0) is 52.6 Å².